The Hall–Kier alpha value is 0.170. The minimum absolute atomic E-state index is 0.342. The van der Waals surface area contributed by atoms with E-state index in [1.807, 2.05) is 0 Å². The fraction of sp³-hybridized carbons (Fsp3) is 1.00. The number of nitrogens with one attached hydrogen (secondary N) is 1. The average Bonchev–Trinajstić information content (AvgIpc) is 2.38. The van der Waals surface area contributed by atoms with Gasteiger partial charge in [0.05, 0.1) is 12.7 Å². The summed E-state index contributed by atoms with van der Waals surface area (Å²) in [6, 6.07) is 0.621. The first-order valence-electron chi connectivity index (χ1n) is 7.29. The first-order valence-corrected chi connectivity index (χ1v) is 7.83. The van der Waals surface area contributed by atoms with Gasteiger partial charge in [-0.2, -0.15) is 0 Å². The van der Waals surface area contributed by atoms with Crippen molar-refractivity contribution in [2.24, 2.45) is 5.92 Å². The molecule has 2 unspecified atom stereocenters. The van der Waals surface area contributed by atoms with Crippen LogP contribution >= 0.6 is 11.6 Å². The second-order valence-corrected chi connectivity index (χ2v) is 5.87. The molecule has 0 spiro atoms. The number of alkyl halides is 1. The SMILES string of the molecule is CCC(CCCl)CNCC1CN(C(C)C)CCO1. The van der Waals surface area contributed by atoms with Gasteiger partial charge in [0.15, 0.2) is 0 Å². The van der Waals surface area contributed by atoms with E-state index in [-0.39, 0.29) is 0 Å². The normalized spacial score (nSPS) is 23.5. The first-order chi connectivity index (χ1) is 8.67. The second-order valence-electron chi connectivity index (χ2n) is 5.49. The lowest BCUT2D eigenvalue weighted by Gasteiger charge is -2.35. The molecule has 1 N–H and O–H groups in total. The summed E-state index contributed by atoms with van der Waals surface area (Å²) >= 11 is 5.80. The van der Waals surface area contributed by atoms with E-state index in [1.54, 1.807) is 0 Å². The number of hydrogen-bond donors (Lipinski definition) is 1. The summed E-state index contributed by atoms with van der Waals surface area (Å²) in [5, 5.41) is 3.54. The van der Waals surface area contributed by atoms with Gasteiger partial charge in [-0.05, 0) is 32.7 Å². The predicted molar refractivity (Wildman–Crippen MR) is 78.4 cm³/mol. The lowest BCUT2D eigenvalue weighted by atomic mass is 10.0. The standard InChI is InChI=1S/C14H29ClN2O/c1-4-13(5-6-15)9-16-10-14-11-17(12(2)3)7-8-18-14/h12-14,16H,4-11H2,1-3H3. The maximum atomic E-state index is 5.80. The van der Waals surface area contributed by atoms with Crippen LogP contribution in [0.25, 0.3) is 0 Å². The Morgan fingerprint density at radius 1 is 1.44 bits per heavy atom. The van der Waals surface area contributed by atoms with Crippen LogP contribution in [0.3, 0.4) is 0 Å². The van der Waals surface area contributed by atoms with Crippen LogP contribution in [0.4, 0.5) is 0 Å². The van der Waals surface area contributed by atoms with Crippen LogP contribution in [0.1, 0.15) is 33.6 Å². The number of ether oxygens (including phenoxy) is 1. The van der Waals surface area contributed by atoms with Crippen LogP contribution < -0.4 is 5.32 Å². The lowest BCUT2D eigenvalue weighted by molar-refractivity contribution is -0.0373. The number of hydrogen-bond acceptors (Lipinski definition) is 3. The molecule has 1 aliphatic heterocycles. The molecule has 1 saturated heterocycles. The van der Waals surface area contributed by atoms with E-state index < -0.39 is 0 Å². The molecule has 4 heteroatoms. The maximum Gasteiger partial charge on any atom is 0.0826 e. The lowest BCUT2D eigenvalue weighted by Crippen LogP contribution is -2.49. The van der Waals surface area contributed by atoms with Gasteiger partial charge < -0.3 is 10.1 Å². The molecule has 1 heterocycles. The third-order valence-corrected chi connectivity index (χ3v) is 4.02. The Balaban J connectivity index is 2.18. The zero-order chi connectivity index (χ0) is 13.4. The molecule has 0 aromatic heterocycles. The molecule has 0 aliphatic carbocycles. The van der Waals surface area contributed by atoms with Crippen molar-refractivity contribution in [3.63, 3.8) is 0 Å². The molecule has 18 heavy (non-hydrogen) atoms. The number of nitrogens with zero attached hydrogens (tertiary/aromatic N) is 1. The first kappa shape index (κ1) is 16.2. The summed E-state index contributed by atoms with van der Waals surface area (Å²) in [7, 11) is 0. The van der Waals surface area contributed by atoms with Crippen molar-refractivity contribution in [3.8, 4) is 0 Å². The van der Waals surface area contributed by atoms with E-state index in [0.29, 0.717) is 18.1 Å². The monoisotopic (exact) mass is 276 g/mol. The Kier molecular flexibility index (Phi) is 8.23. The summed E-state index contributed by atoms with van der Waals surface area (Å²) in [5.74, 6) is 1.47. The molecule has 1 fully saturated rings. The van der Waals surface area contributed by atoms with Gasteiger partial charge in [-0.25, -0.2) is 0 Å². The molecule has 0 aromatic rings. The van der Waals surface area contributed by atoms with E-state index in [9.17, 15) is 0 Å². The Morgan fingerprint density at radius 2 is 2.22 bits per heavy atom. The van der Waals surface area contributed by atoms with E-state index in [2.05, 4.69) is 31.0 Å². The third kappa shape index (κ3) is 5.87. The Labute approximate surface area is 117 Å². The summed E-state index contributed by atoms with van der Waals surface area (Å²) in [4.78, 5) is 2.49. The van der Waals surface area contributed by atoms with Gasteiger partial charge in [0.1, 0.15) is 0 Å². The van der Waals surface area contributed by atoms with E-state index in [0.717, 1.165) is 45.1 Å². The molecule has 0 bridgehead atoms. The van der Waals surface area contributed by atoms with Crippen LogP contribution in [0.15, 0.2) is 0 Å². The minimum atomic E-state index is 0.342. The summed E-state index contributed by atoms with van der Waals surface area (Å²) in [6.07, 6.45) is 2.65. The van der Waals surface area contributed by atoms with Gasteiger partial charge in [0.2, 0.25) is 0 Å². The number of rotatable bonds is 8. The molecule has 0 aromatic carbocycles. The number of halogens is 1. The van der Waals surface area contributed by atoms with Gasteiger partial charge in [-0.3, -0.25) is 4.90 Å². The van der Waals surface area contributed by atoms with Gasteiger partial charge in [-0.15, -0.1) is 11.6 Å². The summed E-state index contributed by atoms with van der Waals surface area (Å²) in [6.45, 7) is 11.7. The van der Waals surface area contributed by atoms with Gasteiger partial charge in [0, 0.05) is 31.6 Å². The highest BCUT2D eigenvalue weighted by Gasteiger charge is 2.21. The van der Waals surface area contributed by atoms with Crippen LogP contribution in [0, 0.1) is 5.92 Å². The Morgan fingerprint density at radius 3 is 2.83 bits per heavy atom. The summed E-state index contributed by atoms with van der Waals surface area (Å²) in [5.41, 5.74) is 0. The zero-order valence-electron chi connectivity index (χ0n) is 12.1. The van der Waals surface area contributed by atoms with Crippen molar-refractivity contribution in [2.75, 3.05) is 38.7 Å². The fourth-order valence-corrected chi connectivity index (χ4v) is 2.70. The largest absolute Gasteiger partial charge is 0.374 e. The van der Waals surface area contributed by atoms with Crippen molar-refractivity contribution in [2.45, 2.75) is 45.8 Å². The van der Waals surface area contributed by atoms with Crippen LogP contribution in [0.5, 0.6) is 0 Å². The molecule has 0 amide bonds. The van der Waals surface area contributed by atoms with Crippen molar-refractivity contribution in [1.82, 2.24) is 10.2 Å². The van der Waals surface area contributed by atoms with Crippen molar-refractivity contribution < 1.29 is 4.74 Å². The highest BCUT2D eigenvalue weighted by atomic mass is 35.5. The number of morpholine rings is 1. The van der Waals surface area contributed by atoms with Crippen LogP contribution in [-0.4, -0.2) is 55.7 Å². The molecular weight excluding hydrogens is 248 g/mol. The molecule has 1 rings (SSSR count). The maximum absolute atomic E-state index is 5.80. The van der Waals surface area contributed by atoms with E-state index in [1.165, 1.54) is 6.42 Å². The van der Waals surface area contributed by atoms with Crippen LogP contribution in [-0.2, 0) is 4.74 Å². The van der Waals surface area contributed by atoms with Crippen molar-refractivity contribution >= 4 is 11.6 Å². The third-order valence-electron chi connectivity index (χ3n) is 3.80. The van der Waals surface area contributed by atoms with Crippen LogP contribution in [0.2, 0.25) is 0 Å². The van der Waals surface area contributed by atoms with E-state index in [4.69, 9.17) is 16.3 Å². The minimum Gasteiger partial charge on any atom is -0.374 e. The molecular formula is C14H29ClN2O. The zero-order valence-corrected chi connectivity index (χ0v) is 12.9. The van der Waals surface area contributed by atoms with Gasteiger partial charge >= 0.3 is 0 Å². The molecule has 0 saturated carbocycles. The summed E-state index contributed by atoms with van der Waals surface area (Å²) < 4.78 is 5.80. The Bertz CT molecular complexity index is 214. The molecule has 108 valence electrons. The average molecular weight is 277 g/mol. The van der Waals surface area contributed by atoms with Crippen molar-refractivity contribution in [1.29, 1.82) is 0 Å². The highest BCUT2D eigenvalue weighted by Crippen LogP contribution is 2.10. The quantitative estimate of drug-likeness (QED) is 0.689. The predicted octanol–water partition coefficient (Wildman–Crippen LogP) is 2.34. The molecule has 3 nitrogen and oxygen atoms in total. The highest BCUT2D eigenvalue weighted by molar-refractivity contribution is 6.17. The second kappa shape index (κ2) is 9.13. The molecule has 0 radical (unpaired) electrons. The molecule has 2 atom stereocenters. The molecule has 1 aliphatic rings. The van der Waals surface area contributed by atoms with E-state index >= 15 is 0 Å². The topological polar surface area (TPSA) is 24.5 Å². The van der Waals surface area contributed by atoms with Crippen molar-refractivity contribution in [3.05, 3.63) is 0 Å². The van der Waals surface area contributed by atoms with Gasteiger partial charge in [-0.1, -0.05) is 13.3 Å². The van der Waals surface area contributed by atoms with Gasteiger partial charge in [0.25, 0.3) is 0 Å². The smallest absolute Gasteiger partial charge is 0.0826 e. The fourth-order valence-electron chi connectivity index (χ4n) is 2.39.